The minimum atomic E-state index is -1.19. The second-order valence-corrected chi connectivity index (χ2v) is 11.0. The third-order valence-corrected chi connectivity index (χ3v) is 7.54. The molecule has 1 fully saturated rings. The lowest BCUT2D eigenvalue weighted by molar-refractivity contribution is -0.384. The summed E-state index contributed by atoms with van der Waals surface area (Å²) in [4.78, 5) is 43.4. The van der Waals surface area contributed by atoms with Crippen molar-refractivity contribution in [3.05, 3.63) is 74.6 Å². The van der Waals surface area contributed by atoms with Crippen LogP contribution in [-0.4, -0.2) is 89.6 Å². The number of esters is 1. The molecule has 0 bridgehead atoms. The van der Waals surface area contributed by atoms with Gasteiger partial charge in [-0.15, -0.1) is 0 Å². The monoisotopic (exact) mass is 540 g/mol. The Labute approximate surface area is 230 Å². The van der Waals surface area contributed by atoms with Gasteiger partial charge in [-0.2, -0.15) is 0 Å². The first-order chi connectivity index (χ1) is 18.4. The minimum absolute atomic E-state index is 0.00871. The van der Waals surface area contributed by atoms with Gasteiger partial charge in [-0.1, -0.05) is 38.1 Å². The summed E-state index contributed by atoms with van der Waals surface area (Å²) in [5, 5.41) is 21.6. The van der Waals surface area contributed by atoms with Crippen molar-refractivity contribution in [2.24, 2.45) is 5.41 Å². The molecule has 0 aromatic heterocycles. The normalized spacial score (nSPS) is 19.6. The molecule has 3 rings (SSSR count). The second-order valence-electron chi connectivity index (χ2n) is 11.0. The molecule has 1 unspecified atom stereocenters. The predicted molar refractivity (Wildman–Crippen MR) is 149 cm³/mol. The molecule has 212 valence electrons. The highest BCUT2D eigenvalue weighted by atomic mass is 16.6. The van der Waals surface area contributed by atoms with Crippen molar-refractivity contribution in [2.75, 3.05) is 52.9 Å². The minimum Gasteiger partial charge on any atom is -0.478 e. The fourth-order valence-electron chi connectivity index (χ4n) is 5.24. The molecule has 1 N–H and O–H groups in total. The van der Waals surface area contributed by atoms with Crippen molar-refractivity contribution in [2.45, 2.75) is 40.5 Å². The van der Waals surface area contributed by atoms with Gasteiger partial charge in [0.1, 0.15) is 0 Å². The largest absolute Gasteiger partial charge is 0.478 e. The van der Waals surface area contributed by atoms with Crippen molar-refractivity contribution in [1.82, 2.24) is 14.7 Å². The number of piperazine rings is 1. The molecular weight excluding hydrogens is 500 g/mol. The summed E-state index contributed by atoms with van der Waals surface area (Å²) in [6, 6.07) is 5.78. The van der Waals surface area contributed by atoms with E-state index in [1.54, 1.807) is 31.9 Å². The average Bonchev–Trinajstić information content (AvgIpc) is 2.89. The summed E-state index contributed by atoms with van der Waals surface area (Å²) in [7, 11) is 1.70. The fourth-order valence-corrected chi connectivity index (χ4v) is 5.24. The van der Waals surface area contributed by atoms with Gasteiger partial charge in [-0.3, -0.25) is 15.0 Å². The average molecular weight is 541 g/mol. The number of carbonyl (C=O) groups is 2. The second kappa shape index (κ2) is 12.6. The number of carboxylic acids is 1. The van der Waals surface area contributed by atoms with Gasteiger partial charge < -0.3 is 19.6 Å². The zero-order valence-corrected chi connectivity index (χ0v) is 23.8. The maximum Gasteiger partial charge on any atom is 0.336 e. The van der Waals surface area contributed by atoms with E-state index in [0.29, 0.717) is 17.0 Å². The zero-order valence-electron chi connectivity index (χ0n) is 23.8. The number of hydrogen-bond acceptors (Lipinski definition) is 8. The van der Waals surface area contributed by atoms with Gasteiger partial charge in [0.05, 0.1) is 28.6 Å². The number of hydrogen-bond donors (Lipinski definition) is 1. The summed E-state index contributed by atoms with van der Waals surface area (Å²) >= 11 is 0. The molecule has 0 spiro atoms. The Kier molecular flexibility index (Phi) is 9.68. The Morgan fingerprint density at radius 3 is 2.33 bits per heavy atom. The van der Waals surface area contributed by atoms with Crippen molar-refractivity contribution in [1.29, 1.82) is 0 Å². The molecule has 1 aromatic rings. The number of carboxylic acid groups (broad SMARTS) is 1. The lowest BCUT2D eigenvalue weighted by atomic mass is 9.79. The van der Waals surface area contributed by atoms with Crippen LogP contribution in [0.3, 0.4) is 0 Å². The molecule has 0 saturated carbocycles. The van der Waals surface area contributed by atoms with Gasteiger partial charge in [-0.05, 0) is 26.3 Å². The number of benzene rings is 1. The van der Waals surface area contributed by atoms with Crippen molar-refractivity contribution in [3.8, 4) is 0 Å². The Hall–Kier alpha value is -3.50. The van der Waals surface area contributed by atoms with Crippen LogP contribution in [0.1, 0.15) is 46.1 Å². The highest BCUT2D eigenvalue weighted by Gasteiger charge is 2.40. The molecule has 1 saturated heterocycles. The van der Waals surface area contributed by atoms with Crippen molar-refractivity contribution >= 4 is 17.6 Å². The van der Waals surface area contributed by atoms with Gasteiger partial charge in [0.2, 0.25) is 0 Å². The maximum atomic E-state index is 13.6. The third-order valence-electron chi connectivity index (χ3n) is 7.54. The van der Waals surface area contributed by atoms with E-state index < -0.39 is 22.8 Å². The SMILES string of the molecule is CC=CCN1CCN(CC(C)(C)COC(=O)C2=C(C)N(C)C(C)=C(C(=O)O)C2c2cccc([N+](=O)[O-])c2)CC1. The number of rotatable bonds is 10. The summed E-state index contributed by atoms with van der Waals surface area (Å²) in [5.74, 6) is -2.81. The Balaban J connectivity index is 1.81. The van der Waals surface area contributed by atoms with Crippen molar-refractivity contribution < 1.29 is 24.4 Å². The number of non-ortho nitro benzene ring substituents is 1. The molecule has 10 nitrogen and oxygen atoms in total. The smallest absolute Gasteiger partial charge is 0.336 e. The van der Waals surface area contributed by atoms with E-state index in [-0.39, 0.29) is 28.9 Å². The maximum absolute atomic E-state index is 13.6. The molecule has 39 heavy (non-hydrogen) atoms. The Morgan fingerprint density at radius 2 is 1.74 bits per heavy atom. The van der Waals surface area contributed by atoms with E-state index in [1.807, 2.05) is 20.8 Å². The quantitative estimate of drug-likeness (QED) is 0.203. The van der Waals surface area contributed by atoms with E-state index in [2.05, 4.69) is 22.0 Å². The molecule has 2 aliphatic heterocycles. The Bertz CT molecular complexity index is 1190. The predicted octanol–water partition coefficient (Wildman–Crippen LogP) is 4.02. The number of nitro benzene ring substituents is 1. The van der Waals surface area contributed by atoms with E-state index in [0.717, 1.165) is 39.3 Å². The van der Waals surface area contributed by atoms with Gasteiger partial charge in [0, 0.05) is 75.3 Å². The molecule has 1 aromatic carbocycles. The van der Waals surface area contributed by atoms with Crippen LogP contribution in [0.15, 0.2) is 59.0 Å². The van der Waals surface area contributed by atoms with Gasteiger partial charge in [0.25, 0.3) is 5.69 Å². The van der Waals surface area contributed by atoms with Crippen LogP contribution in [-0.2, 0) is 14.3 Å². The standard InChI is InChI=1S/C29H40N4O6/c1-7-8-12-31-13-15-32(16-14-31)18-29(4,5)19-39-28(36)25-21(3)30(6)20(2)24(27(34)35)26(25)22-10-9-11-23(17-22)33(37)38/h7-11,17,26H,12-16,18-19H2,1-6H3,(H,34,35). The molecule has 10 heteroatoms. The first kappa shape index (κ1) is 30.0. The van der Waals surface area contributed by atoms with Crippen LogP contribution in [0, 0.1) is 15.5 Å². The van der Waals surface area contributed by atoms with Gasteiger partial charge in [0.15, 0.2) is 0 Å². The van der Waals surface area contributed by atoms with Gasteiger partial charge >= 0.3 is 11.9 Å². The lowest BCUT2D eigenvalue weighted by Crippen LogP contribution is -2.49. The van der Waals surface area contributed by atoms with Crippen LogP contribution in [0.25, 0.3) is 0 Å². The van der Waals surface area contributed by atoms with Gasteiger partial charge in [-0.25, -0.2) is 9.59 Å². The number of nitrogens with zero attached hydrogens (tertiary/aromatic N) is 4. The van der Waals surface area contributed by atoms with Crippen LogP contribution in [0.2, 0.25) is 0 Å². The summed E-state index contributed by atoms with van der Waals surface area (Å²) in [5.41, 5.74) is 1.02. The molecule has 1 atom stereocenters. The van der Waals surface area contributed by atoms with Crippen LogP contribution in [0.4, 0.5) is 5.69 Å². The third kappa shape index (κ3) is 7.13. The lowest BCUT2D eigenvalue weighted by Gasteiger charge is -2.39. The number of carbonyl (C=O) groups excluding carboxylic acids is 1. The molecular formula is C29H40N4O6. The number of aliphatic carboxylic acids is 1. The Morgan fingerprint density at radius 1 is 1.13 bits per heavy atom. The molecule has 0 aliphatic carbocycles. The van der Waals surface area contributed by atoms with E-state index in [4.69, 9.17) is 4.74 Å². The van der Waals surface area contributed by atoms with Crippen LogP contribution in [0.5, 0.6) is 0 Å². The highest BCUT2D eigenvalue weighted by Crippen LogP contribution is 2.42. The molecule has 2 aliphatic rings. The molecule has 0 radical (unpaired) electrons. The van der Waals surface area contributed by atoms with Crippen molar-refractivity contribution in [3.63, 3.8) is 0 Å². The van der Waals surface area contributed by atoms with E-state index in [1.165, 1.54) is 18.2 Å². The summed E-state index contributed by atoms with van der Waals surface area (Å²) in [6.45, 7) is 15.2. The first-order valence-corrected chi connectivity index (χ1v) is 13.2. The fraction of sp³-hybridized carbons (Fsp3) is 0.517. The number of nitro groups is 1. The number of ether oxygens (including phenoxy) is 1. The zero-order chi connectivity index (χ0) is 28.9. The van der Waals surface area contributed by atoms with Crippen LogP contribution >= 0.6 is 0 Å². The van der Waals surface area contributed by atoms with E-state index >= 15 is 0 Å². The highest BCUT2D eigenvalue weighted by molar-refractivity contribution is 5.99. The summed E-state index contributed by atoms with van der Waals surface area (Å²) in [6.07, 6.45) is 4.22. The molecule has 2 heterocycles. The number of allylic oxidation sites excluding steroid dienone is 3. The van der Waals surface area contributed by atoms with Crippen LogP contribution < -0.4 is 0 Å². The summed E-state index contributed by atoms with van der Waals surface area (Å²) < 4.78 is 5.85. The molecule has 0 amide bonds. The topological polar surface area (TPSA) is 116 Å². The van der Waals surface area contributed by atoms with E-state index in [9.17, 15) is 24.8 Å². The first-order valence-electron chi connectivity index (χ1n) is 13.2.